The van der Waals surface area contributed by atoms with Crippen molar-refractivity contribution in [3.05, 3.63) is 54.0 Å². The molecule has 0 N–H and O–H groups in total. The number of rotatable bonds is 4. The number of esters is 1. The van der Waals surface area contributed by atoms with Gasteiger partial charge in [0.25, 0.3) is 11.8 Å². The van der Waals surface area contributed by atoms with Crippen LogP contribution in [0.4, 0.5) is 5.69 Å². The van der Waals surface area contributed by atoms with E-state index in [0.29, 0.717) is 38.2 Å². The molecule has 2 aliphatic rings. The Hall–Kier alpha value is -3.09. The highest BCUT2D eigenvalue weighted by Crippen LogP contribution is 2.28. The van der Waals surface area contributed by atoms with Gasteiger partial charge < -0.3 is 19.0 Å². The lowest BCUT2D eigenvalue weighted by Gasteiger charge is -2.31. The molecule has 7 nitrogen and oxygen atoms in total. The second-order valence-electron chi connectivity index (χ2n) is 7.49. The van der Waals surface area contributed by atoms with Crippen LogP contribution < -0.4 is 4.90 Å². The molecule has 4 rings (SSSR count). The van der Waals surface area contributed by atoms with Gasteiger partial charge in [0.2, 0.25) is 0 Å². The van der Waals surface area contributed by atoms with Crippen molar-refractivity contribution in [2.45, 2.75) is 32.3 Å². The van der Waals surface area contributed by atoms with Gasteiger partial charge in [-0.1, -0.05) is 18.2 Å². The molecule has 1 unspecified atom stereocenters. The van der Waals surface area contributed by atoms with E-state index in [-0.39, 0.29) is 23.7 Å². The van der Waals surface area contributed by atoms with Crippen LogP contribution in [0.3, 0.4) is 0 Å². The second-order valence-corrected chi connectivity index (χ2v) is 7.49. The minimum Gasteiger partial charge on any atom is -0.459 e. The summed E-state index contributed by atoms with van der Waals surface area (Å²) in [5, 5.41) is 0. The van der Waals surface area contributed by atoms with Gasteiger partial charge in [-0.3, -0.25) is 14.4 Å². The maximum atomic E-state index is 12.8. The second kappa shape index (κ2) is 8.11. The number of furan rings is 1. The molecule has 1 fully saturated rings. The van der Waals surface area contributed by atoms with E-state index in [9.17, 15) is 14.4 Å². The Labute approximate surface area is 169 Å². The zero-order valence-corrected chi connectivity index (χ0v) is 16.4. The fraction of sp³-hybridized carbons (Fsp3) is 0.409. The van der Waals surface area contributed by atoms with Crippen molar-refractivity contribution in [1.29, 1.82) is 0 Å². The normalized spacial score (nSPS) is 17.7. The Bertz CT molecular complexity index is 900. The molecule has 7 heteroatoms. The topological polar surface area (TPSA) is 80.1 Å². The Balaban J connectivity index is 1.30. The molecule has 0 radical (unpaired) electrons. The molecular weight excluding hydrogens is 372 g/mol. The van der Waals surface area contributed by atoms with Gasteiger partial charge in [0.05, 0.1) is 12.2 Å². The Morgan fingerprint density at radius 1 is 1.07 bits per heavy atom. The highest BCUT2D eigenvalue weighted by Gasteiger charge is 2.34. The molecule has 0 spiro atoms. The fourth-order valence-electron chi connectivity index (χ4n) is 3.98. The van der Waals surface area contributed by atoms with E-state index < -0.39 is 6.10 Å². The van der Waals surface area contributed by atoms with Crippen molar-refractivity contribution in [2.75, 3.05) is 24.5 Å². The first kappa shape index (κ1) is 19.2. The third-order valence-corrected chi connectivity index (χ3v) is 5.64. The lowest BCUT2D eigenvalue weighted by molar-refractivity contribution is -0.159. The maximum absolute atomic E-state index is 12.8. The van der Waals surface area contributed by atoms with E-state index in [1.807, 2.05) is 24.3 Å². The van der Waals surface area contributed by atoms with Crippen molar-refractivity contribution in [3.8, 4) is 0 Å². The van der Waals surface area contributed by atoms with Crippen LogP contribution in [0.15, 0.2) is 47.1 Å². The fourth-order valence-corrected chi connectivity index (χ4v) is 3.98. The molecule has 2 aromatic rings. The summed E-state index contributed by atoms with van der Waals surface area (Å²) in [4.78, 5) is 41.0. The Morgan fingerprint density at radius 2 is 1.83 bits per heavy atom. The number of hydrogen-bond acceptors (Lipinski definition) is 5. The number of piperidine rings is 1. The number of benzene rings is 1. The molecule has 1 aromatic heterocycles. The summed E-state index contributed by atoms with van der Waals surface area (Å²) in [6, 6.07) is 11.1. The number of fused-ring (bicyclic) bond motifs is 1. The van der Waals surface area contributed by atoms with E-state index in [0.717, 1.165) is 17.7 Å². The maximum Gasteiger partial charge on any atom is 0.309 e. The van der Waals surface area contributed by atoms with Gasteiger partial charge in [-0.2, -0.15) is 0 Å². The van der Waals surface area contributed by atoms with Crippen LogP contribution >= 0.6 is 0 Å². The molecule has 0 saturated carbocycles. The van der Waals surface area contributed by atoms with E-state index in [1.165, 1.54) is 6.26 Å². The number of para-hydroxylation sites is 1. The van der Waals surface area contributed by atoms with Crippen LogP contribution in [-0.4, -0.2) is 48.4 Å². The zero-order valence-electron chi connectivity index (χ0n) is 16.4. The van der Waals surface area contributed by atoms with Gasteiger partial charge in [0.1, 0.15) is 0 Å². The molecule has 3 heterocycles. The number of carbonyl (C=O) groups is 3. The molecule has 0 aliphatic carbocycles. The van der Waals surface area contributed by atoms with E-state index in [1.54, 1.807) is 28.9 Å². The van der Waals surface area contributed by atoms with E-state index in [4.69, 9.17) is 9.15 Å². The number of likely N-dealkylation sites (tertiary alicyclic amines) is 1. The molecule has 2 aliphatic heterocycles. The molecule has 152 valence electrons. The number of ether oxygens (including phenoxy) is 1. The van der Waals surface area contributed by atoms with Crippen molar-refractivity contribution in [1.82, 2.24) is 4.90 Å². The molecule has 1 aromatic carbocycles. The van der Waals surface area contributed by atoms with E-state index >= 15 is 0 Å². The van der Waals surface area contributed by atoms with Crippen molar-refractivity contribution >= 4 is 23.5 Å². The predicted molar refractivity (Wildman–Crippen MR) is 105 cm³/mol. The van der Waals surface area contributed by atoms with Crippen molar-refractivity contribution in [2.24, 2.45) is 5.92 Å². The van der Waals surface area contributed by atoms with Crippen LogP contribution in [0.2, 0.25) is 0 Å². The minimum absolute atomic E-state index is 0.168. The Kier molecular flexibility index (Phi) is 5.38. The molecule has 2 amide bonds. The minimum atomic E-state index is -0.837. The first-order chi connectivity index (χ1) is 14.0. The third-order valence-electron chi connectivity index (χ3n) is 5.64. The smallest absolute Gasteiger partial charge is 0.309 e. The molecular formula is C22H24N2O5. The standard InChI is InChI=1S/C22H24N2O5/c1-15(20(25)24-13-10-16-5-2-3-6-18(16)24)29-22(27)17-8-11-23(12-9-17)21(26)19-7-4-14-28-19/h2-7,14-15,17H,8-13H2,1H3. The first-order valence-corrected chi connectivity index (χ1v) is 9.97. The van der Waals surface area contributed by atoms with Crippen LogP contribution in [0.5, 0.6) is 0 Å². The van der Waals surface area contributed by atoms with Gasteiger partial charge in [-0.05, 0) is 49.9 Å². The number of nitrogens with zero attached hydrogens (tertiary/aromatic N) is 2. The average Bonchev–Trinajstić information content (AvgIpc) is 3.43. The molecule has 0 bridgehead atoms. The summed E-state index contributed by atoms with van der Waals surface area (Å²) in [7, 11) is 0. The van der Waals surface area contributed by atoms with Gasteiger partial charge in [0, 0.05) is 25.3 Å². The zero-order chi connectivity index (χ0) is 20.4. The van der Waals surface area contributed by atoms with Crippen molar-refractivity contribution < 1.29 is 23.5 Å². The number of hydrogen-bond donors (Lipinski definition) is 0. The lowest BCUT2D eigenvalue weighted by atomic mass is 9.97. The van der Waals surface area contributed by atoms with Gasteiger partial charge in [-0.25, -0.2) is 0 Å². The quantitative estimate of drug-likeness (QED) is 0.743. The summed E-state index contributed by atoms with van der Waals surface area (Å²) in [6.45, 7) is 3.15. The highest BCUT2D eigenvalue weighted by molar-refractivity contribution is 5.99. The lowest BCUT2D eigenvalue weighted by Crippen LogP contribution is -2.43. The van der Waals surface area contributed by atoms with Crippen LogP contribution in [0.25, 0.3) is 0 Å². The summed E-state index contributed by atoms with van der Waals surface area (Å²) in [5.41, 5.74) is 2.03. The van der Waals surface area contributed by atoms with Crippen LogP contribution in [0.1, 0.15) is 35.9 Å². The summed E-state index contributed by atoms with van der Waals surface area (Å²) < 4.78 is 10.6. The summed E-state index contributed by atoms with van der Waals surface area (Å²) in [6.07, 6.45) is 2.47. The summed E-state index contributed by atoms with van der Waals surface area (Å²) >= 11 is 0. The molecule has 1 atom stereocenters. The van der Waals surface area contributed by atoms with Crippen LogP contribution in [-0.2, 0) is 20.7 Å². The largest absolute Gasteiger partial charge is 0.459 e. The van der Waals surface area contributed by atoms with Crippen molar-refractivity contribution in [3.63, 3.8) is 0 Å². The monoisotopic (exact) mass is 396 g/mol. The Morgan fingerprint density at radius 3 is 2.55 bits per heavy atom. The van der Waals surface area contributed by atoms with Gasteiger partial charge >= 0.3 is 5.97 Å². The molecule has 29 heavy (non-hydrogen) atoms. The predicted octanol–water partition coefficient (Wildman–Crippen LogP) is 2.65. The van der Waals surface area contributed by atoms with E-state index in [2.05, 4.69) is 0 Å². The number of carbonyl (C=O) groups excluding carboxylic acids is 3. The number of anilines is 1. The van der Waals surface area contributed by atoms with Gasteiger partial charge in [-0.15, -0.1) is 0 Å². The first-order valence-electron chi connectivity index (χ1n) is 9.97. The SMILES string of the molecule is CC(OC(=O)C1CCN(C(=O)c2ccco2)CC1)C(=O)N1CCc2ccccc21. The summed E-state index contributed by atoms with van der Waals surface area (Å²) in [5.74, 6) is -0.747. The third kappa shape index (κ3) is 3.90. The number of amides is 2. The highest BCUT2D eigenvalue weighted by atomic mass is 16.5. The molecule has 1 saturated heterocycles. The van der Waals surface area contributed by atoms with Gasteiger partial charge in [0.15, 0.2) is 11.9 Å². The van der Waals surface area contributed by atoms with Crippen LogP contribution in [0, 0.1) is 5.92 Å². The average molecular weight is 396 g/mol.